The summed E-state index contributed by atoms with van der Waals surface area (Å²) >= 11 is 6.17. The van der Waals surface area contributed by atoms with Crippen LogP contribution in [0.15, 0.2) is 18.2 Å². The zero-order valence-electron chi connectivity index (χ0n) is 14.4. The summed E-state index contributed by atoms with van der Waals surface area (Å²) in [5.74, 6) is 0.437. The van der Waals surface area contributed by atoms with Crippen LogP contribution in [0.1, 0.15) is 36.4 Å². The van der Waals surface area contributed by atoms with Gasteiger partial charge in [-0.25, -0.2) is 0 Å². The van der Waals surface area contributed by atoms with E-state index in [1.54, 1.807) is 0 Å². The van der Waals surface area contributed by atoms with Gasteiger partial charge in [0.15, 0.2) is 0 Å². The van der Waals surface area contributed by atoms with E-state index >= 15 is 0 Å². The molecule has 0 unspecified atom stereocenters. The van der Waals surface area contributed by atoms with Crippen molar-refractivity contribution in [3.05, 3.63) is 45.7 Å². The average Bonchev–Trinajstić information content (AvgIpc) is 2.69. The van der Waals surface area contributed by atoms with Crippen molar-refractivity contribution in [3.8, 4) is 0 Å². The van der Waals surface area contributed by atoms with Crippen molar-refractivity contribution in [2.24, 2.45) is 5.92 Å². The van der Waals surface area contributed by atoms with Crippen LogP contribution in [0.4, 0.5) is 5.69 Å². The highest BCUT2D eigenvalue weighted by Crippen LogP contribution is 2.23. The highest BCUT2D eigenvalue weighted by molar-refractivity contribution is 6.33. The molecule has 1 heterocycles. The first-order valence-electron chi connectivity index (χ1n) is 7.86. The lowest BCUT2D eigenvalue weighted by molar-refractivity contribution is -0.115. The molecule has 0 atom stereocenters. The number of aromatic nitrogens is 2. The molecule has 2 aromatic rings. The van der Waals surface area contributed by atoms with E-state index in [-0.39, 0.29) is 5.91 Å². The Labute approximate surface area is 142 Å². The van der Waals surface area contributed by atoms with E-state index in [0.29, 0.717) is 23.0 Å². The van der Waals surface area contributed by atoms with Crippen molar-refractivity contribution in [2.75, 3.05) is 5.32 Å². The average molecular weight is 334 g/mol. The third-order valence-corrected chi connectivity index (χ3v) is 4.12. The summed E-state index contributed by atoms with van der Waals surface area (Å²) in [6.07, 6.45) is 0.306. The molecule has 0 bridgehead atoms. The molecule has 1 amide bonds. The summed E-state index contributed by atoms with van der Waals surface area (Å²) in [6, 6.07) is 5.60. The molecule has 0 radical (unpaired) electrons. The fourth-order valence-electron chi connectivity index (χ4n) is 2.59. The van der Waals surface area contributed by atoms with Gasteiger partial charge in [-0.3, -0.25) is 9.48 Å². The van der Waals surface area contributed by atoms with E-state index in [4.69, 9.17) is 11.6 Å². The molecular formula is C18H24ClN3O. The van der Waals surface area contributed by atoms with Crippen LogP contribution in [0.25, 0.3) is 0 Å². The van der Waals surface area contributed by atoms with E-state index in [9.17, 15) is 4.79 Å². The van der Waals surface area contributed by atoms with Crippen LogP contribution >= 0.6 is 11.6 Å². The van der Waals surface area contributed by atoms with Gasteiger partial charge < -0.3 is 5.32 Å². The third kappa shape index (κ3) is 4.35. The standard InChI is InChI=1S/C18H24ClN3O/c1-11(2)10-22-14(5)15(13(4)21-22)9-18(23)20-17-7-6-12(3)8-16(17)19/h6-8,11H,9-10H2,1-5H3,(H,20,23). The number of hydrogen-bond donors (Lipinski definition) is 1. The van der Waals surface area contributed by atoms with Gasteiger partial charge in [-0.1, -0.05) is 31.5 Å². The van der Waals surface area contributed by atoms with Gasteiger partial charge in [-0.15, -0.1) is 0 Å². The smallest absolute Gasteiger partial charge is 0.228 e. The number of nitrogens with zero attached hydrogens (tertiary/aromatic N) is 2. The van der Waals surface area contributed by atoms with Crippen molar-refractivity contribution in [3.63, 3.8) is 0 Å². The Bertz CT molecular complexity index is 719. The van der Waals surface area contributed by atoms with Crippen molar-refractivity contribution >= 4 is 23.2 Å². The third-order valence-electron chi connectivity index (χ3n) is 3.81. The fourth-order valence-corrected chi connectivity index (χ4v) is 2.87. The topological polar surface area (TPSA) is 46.9 Å². The van der Waals surface area contributed by atoms with Crippen molar-refractivity contribution in [2.45, 2.75) is 47.6 Å². The maximum absolute atomic E-state index is 12.3. The first kappa shape index (κ1) is 17.5. The van der Waals surface area contributed by atoms with Crippen LogP contribution < -0.4 is 5.32 Å². The molecule has 4 nitrogen and oxygen atoms in total. The highest BCUT2D eigenvalue weighted by atomic mass is 35.5. The van der Waals surface area contributed by atoms with Crippen LogP contribution in [0.3, 0.4) is 0 Å². The SMILES string of the molecule is Cc1ccc(NC(=O)Cc2c(C)nn(CC(C)C)c2C)c(Cl)c1. The molecule has 1 aromatic carbocycles. The normalized spacial score (nSPS) is 11.1. The number of rotatable bonds is 5. The number of carbonyl (C=O) groups excluding carboxylic acids is 1. The van der Waals surface area contributed by atoms with Crippen LogP contribution in [0.2, 0.25) is 5.02 Å². The Morgan fingerprint density at radius 2 is 2.00 bits per heavy atom. The second-order valence-electron chi connectivity index (χ2n) is 6.43. The number of carbonyl (C=O) groups is 1. The van der Waals surface area contributed by atoms with Gasteiger partial charge in [0.25, 0.3) is 0 Å². The number of anilines is 1. The minimum Gasteiger partial charge on any atom is -0.324 e. The second-order valence-corrected chi connectivity index (χ2v) is 6.84. The number of hydrogen-bond acceptors (Lipinski definition) is 2. The lowest BCUT2D eigenvalue weighted by atomic mass is 10.1. The summed E-state index contributed by atoms with van der Waals surface area (Å²) in [4.78, 5) is 12.3. The monoisotopic (exact) mass is 333 g/mol. The van der Waals surface area contributed by atoms with Gasteiger partial charge in [0, 0.05) is 17.8 Å². The molecule has 0 aliphatic rings. The lowest BCUT2D eigenvalue weighted by Gasteiger charge is -2.09. The molecule has 0 aliphatic heterocycles. The first-order chi connectivity index (χ1) is 10.8. The minimum atomic E-state index is -0.0777. The Balaban J connectivity index is 2.12. The van der Waals surface area contributed by atoms with Crippen LogP contribution in [-0.2, 0) is 17.8 Å². The molecule has 23 heavy (non-hydrogen) atoms. The molecule has 5 heteroatoms. The number of benzene rings is 1. The van der Waals surface area contributed by atoms with Gasteiger partial charge in [0.05, 0.1) is 22.8 Å². The van der Waals surface area contributed by atoms with E-state index in [1.165, 1.54) is 0 Å². The Kier molecular flexibility index (Phi) is 5.47. The highest BCUT2D eigenvalue weighted by Gasteiger charge is 2.16. The molecule has 0 aliphatic carbocycles. The van der Waals surface area contributed by atoms with Crippen LogP contribution in [0.5, 0.6) is 0 Å². The zero-order chi connectivity index (χ0) is 17.1. The second kappa shape index (κ2) is 7.18. The van der Waals surface area contributed by atoms with E-state index in [1.807, 2.05) is 43.7 Å². The predicted octanol–water partition coefficient (Wildman–Crippen LogP) is 4.30. The number of amides is 1. The zero-order valence-corrected chi connectivity index (χ0v) is 15.2. The lowest BCUT2D eigenvalue weighted by Crippen LogP contribution is -2.16. The van der Waals surface area contributed by atoms with E-state index in [2.05, 4.69) is 24.3 Å². The van der Waals surface area contributed by atoms with Gasteiger partial charge in [0.1, 0.15) is 0 Å². The van der Waals surface area contributed by atoms with Crippen LogP contribution in [-0.4, -0.2) is 15.7 Å². The molecule has 0 saturated heterocycles. The molecule has 0 fully saturated rings. The molecule has 2 rings (SSSR count). The van der Waals surface area contributed by atoms with E-state index in [0.717, 1.165) is 29.1 Å². The fraction of sp³-hybridized carbons (Fsp3) is 0.444. The maximum Gasteiger partial charge on any atom is 0.228 e. The molecular weight excluding hydrogens is 310 g/mol. The minimum absolute atomic E-state index is 0.0777. The van der Waals surface area contributed by atoms with Crippen molar-refractivity contribution < 1.29 is 4.79 Å². The predicted molar refractivity (Wildman–Crippen MR) is 95.1 cm³/mol. The molecule has 1 N–H and O–H groups in total. The summed E-state index contributed by atoms with van der Waals surface area (Å²) in [6.45, 7) is 11.1. The summed E-state index contributed by atoms with van der Waals surface area (Å²) in [5.41, 5.74) is 4.67. The summed E-state index contributed by atoms with van der Waals surface area (Å²) in [7, 11) is 0. The maximum atomic E-state index is 12.3. The Hall–Kier alpha value is -1.81. The summed E-state index contributed by atoms with van der Waals surface area (Å²) in [5, 5.41) is 7.99. The molecule has 0 saturated carbocycles. The summed E-state index contributed by atoms with van der Waals surface area (Å²) < 4.78 is 1.99. The van der Waals surface area contributed by atoms with Crippen LogP contribution in [0, 0.1) is 26.7 Å². The van der Waals surface area contributed by atoms with E-state index < -0.39 is 0 Å². The first-order valence-corrected chi connectivity index (χ1v) is 8.24. The Morgan fingerprint density at radius 1 is 1.30 bits per heavy atom. The molecule has 1 aromatic heterocycles. The number of nitrogens with one attached hydrogen (secondary N) is 1. The number of halogens is 1. The number of aryl methyl sites for hydroxylation is 2. The van der Waals surface area contributed by atoms with Gasteiger partial charge in [-0.2, -0.15) is 5.10 Å². The Morgan fingerprint density at radius 3 is 2.61 bits per heavy atom. The molecule has 124 valence electrons. The van der Waals surface area contributed by atoms with Gasteiger partial charge >= 0.3 is 0 Å². The van der Waals surface area contributed by atoms with Crippen molar-refractivity contribution in [1.29, 1.82) is 0 Å². The van der Waals surface area contributed by atoms with Gasteiger partial charge in [-0.05, 0) is 44.4 Å². The quantitative estimate of drug-likeness (QED) is 0.886. The largest absolute Gasteiger partial charge is 0.324 e. The molecule has 0 spiro atoms. The van der Waals surface area contributed by atoms with Gasteiger partial charge in [0.2, 0.25) is 5.91 Å². The van der Waals surface area contributed by atoms with Crippen molar-refractivity contribution in [1.82, 2.24) is 9.78 Å².